The van der Waals surface area contributed by atoms with Gasteiger partial charge in [0.05, 0.1) is 19.1 Å². The normalized spacial score (nSPS) is 11.1. The number of anilines is 1. The van der Waals surface area contributed by atoms with Crippen molar-refractivity contribution in [3.63, 3.8) is 0 Å². The highest BCUT2D eigenvalue weighted by Crippen LogP contribution is 2.21. The second-order valence-electron chi connectivity index (χ2n) is 5.35. The number of carbonyl (C=O) groups excluding carboxylic acids is 1. The van der Waals surface area contributed by atoms with E-state index in [0.717, 1.165) is 23.4 Å². The van der Waals surface area contributed by atoms with Crippen LogP contribution < -0.4 is 9.04 Å². The van der Waals surface area contributed by atoms with Gasteiger partial charge in [0, 0.05) is 13.1 Å². The highest BCUT2D eigenvalue weighted by molar-refractivity contribution is 7.92. The van der Waals surface area contributed by atoms with Gasteiger partial charge >= 0.3 is 0 Å². The zero-order chi connectivity index (χ0) is 17.5. The first-order valence-electron chi connectivity index (χ1n) is 7.73. The molecule has 0 aliphatic carbocycles. The van der Waals surface area contributed by atoms with Gasteiger partial charge < -0.3 is 9.64 Å². The molecule has 0 radical (unpaired) electrons. The smallest absolute Gasteiger partial charge is 0.243 e. The Morgan fingerprint density at radius 2 is 1.61 bits per heavy atom. The minimum atomic E-state index is -3.55. The summed E-state index contributed by atoms with van der Waals surface area (Å²) in [6.07, 6.45) is 2.79. The van der Waals surface area contributed by atoms with Crippen molar-refractivity contribution in [2.24, 2.45) is 0 Å². The van der Waals surface area contributed by atoms with E-state index >= 15 is 0 Å². The first kappa shape index (κ1) is 19.3. The second kappa shape index (κ2) is 8.76. The lowest BCUT2D eigenvalue weighted by molar-refractivity contribution is -0.129. The molecule has 0 fully saturated rings. The molecule has 0 saturated heterocycles. The fourth-order valence-electron chi connectivity index (χ4n) is 2.27. The van der Waals surface area contributed by atoms with Crippen LogP contribution in [0.5, 0.6) is 5.75 Å². The van der Waals surface area contributed by atoms with Crippen molar-refractivity contribution in [3.05, 3.63) is 24.3 Å². The first-order valence-corrected chi connectivity index (χ1v) is 9.57. The third kappa shape index (κ3) is 5.74. The molecule has 0 atom stereocenters. The summed E-state index contributed by atoms with van der Waals surface area (Å²) in [6, 6.07) is 6.62. The minimum Gasteiger partial charge on any atom is -0.497 e. The molecule has 0 aromatic heterocycles. The molecule has 0 saturated carbocycles. The first-order chi connectivity index (χ1) is 10.8. The maximum Gasteiger partial charge on any atom is 0.243 e. The Labute approximate surface area is 139 Å². The molecule has 6 nitrogen and oxygen atoms in total. The van der Waals surface area contributed by atoms with E-state index in [2.05, 4.69) is 0 Å². The van der Waals surface area contributed by atoms with Crippen molar-refractivity contribution in [1.82, 2.24) is 4.90 Å². The Morgan fingerprint density at radius 3 is 2.00 bits per heavy atom. The van der Waals surface area contributed by atoms with Crippen molar-refractivity contribution in [2.75, 3.05) is 37.3 Å². The van der Waals surface area contributed by atoms with E-state index in [1.54, 1.807) is 36.3 Å². The highest BCUT2D eigenvalue weighted by Gasteiger charge is 2.23. The standard InChI is InChI=1S/C16H26N2O4S/c1-5-11-17(12-6-2)16(19)13-18(23(4,20)21)14-7-9-15(22-3)10-8-14/h7-10H,5-6,11-13H2,1-4H3. The van der Waals surface area contributed by atoms with Crippen molar-refractivity contribution < 1.29 is 17.9 Å². The average Bonchev–Trinajstić information content (AvgIpc) is 2.51. The molecule has 1 rings (SSSR count). The van der Waals surface area contributed by atoms with Crippen LogP contribution in [-0.2, 0) is 14.8 Å². The number of rotatable bonds is 9. The number of sulfonamides is 1. The summed E-state index contributed by atoms with van der Waals surface area (Å²) in [5.74, 6) is 0.446. The van der Waals surface area contributed by atoms with Crippen LogP contribution in [-0.4, -0.2) is 52.2 Å². The average molecular weight is 342 g/mol. The van der Waals surface area contributed by atoms with E-state index in [0.29, 0.717) is 24.5 Å². The minimum absolute atomic E-state index is 0.185. The van der Waals surface area contributed by atoms with E-state index in [1.807, 2.05) is 13.8 Å². The number of carbonyl (C=O) groups is 1. The van der Waals surface area contributed by atoms with E-state index in [1.165, 1.54) is 0 Å². The molecule has 1 aromatic carbocycles. The number of nitrogens with zero attached hydrogens (tertiary/aromatic N) is 2. The number of hydrogen-bond donors (Lipinski definition) is 0. The highest BCUT2D eigenvalue weighted by atomic mass is 32.2. The SMILES string of the molecule is CCCN(CCC)C(=O)CN(c1ccc(OC)cc1)S(C)(=O)=O. The van der Waals surface area contributed by atoms with Gasteiger partial charge in [-0.3, -0.25) is 9.10 Å². The Bertz CT molecular complexity index is 593. The van der Waals surface area contributed by atoms with Gasteiger partial charge in [0.25, 0.3) is 0 Å². The molecule has 0 N–H and O–H groups in total. The van der Waals surface area contributed by atoms with Crippen LogP contribution in [0, 0.1) is 0 Å². The molecule has 23 heavy (non-hydrogen) atoms. The molecule has 0 aliphatic heterocycles. The Morgan fingerprint density at radius 1 is 1.09 bits per heavy atom. The lowest BCUT2D eigenvalue weighted by atomic mass is 10.3. The van der Waals surface area contributed by atoms with Crippen molar-refractivity contribution >= 4 is 21.6 Å². The summed E-state index contributed by atoms with van der Waals surface area (Å²) in [4.78, 5) is 14.2. The number of hydrogen-bond acceptors (Lipinski definition) is 4. The quantitative estimate of drug-likeness (QED) is 0.689. The Kier molecular flexibility index (Phi) is 7.35. The van der Waals surface area contributed by atoms with E-state index < -0.39 is 10.0 Å². The number of methoxy groups -OCH3 is 1. The molecule has 0 unspecified atom stereocenters. The van der Waals surface area contributed by atoms with E-state index in [-0.39, 0.29) is 12.5 Å². The summed E-state index contributed by atoms with van der Waals surface area (Å²) in [6.45, 7) is 5.06. The van der Waals surface area contributed by atoms with Crippen LogP contribution in [0.2, 0.25) is 0 Å². The maximum atomic E-state index is 12.5. The van der Waals surface area contributed by atoms with Crippen LogP contribution in [0.1, 0.15) is 26.7 Å². The van der Waals surface area contributed by atoms with Gasteiger partial charge in [-0.05, 0) is 37.1 Å². The second-order valence-corrected chi connectivity index (χ2v) is 7.26. The third-order valence-corrected chi connectivity index (χ3v) is 4.52. The number of ether oxygens (including phenoxy) is 1. The van der Waals surface area contributed by atoms with Gasteiger partial charge in [-0.15, -0.1) is 0 Å². The third-order valence-electron chi connectivity index (χ3n) is 3.38. The van der Waals surface area contributed by atoms with Crippen LogP contribution in [0.3, 0.4) is 0 Å². The van der Waals surface area contributed by atoms with Crippen LogP contribution >= 0.6 is 0 Å². The van der Waals surface area contributed by atoms with Gasteiger partial charge in [-0.1, -0.05) is 13.8 Å². The van der Waals surface area contributed by atoms with Gasteiger partial charge in [0.15, 0.2) is 0 Å². The summed E-state index contributed by atoms with van der Waals surface area (Å²) >= 11 is 0. The zero-order valence-electron chi connectivity index (χ0n) is 14.3. The topological polar surface area (TPSA) is 66.9 Å². The molecule has 0 aliphatic rings. The van der Waals surface area contributed by atoms with E-state index in [9.17, 15) is 13.2 Å². The number of benzene rings is 1. The molecule has 130 valence electrons. The largest absolute Gasteiger partial charge is 0.497 e. The van der Waals surface area contributed by atoms with Gasteiger partial charge in [-0.25, -0.2) is 8.42 Å². The fourth-order valence-corrected chi connectivity index (χ4v) is 3.12. The summed E-state index contributed by atoms with van der Waals surface area (Å²) in [5.41, 5.74) is 0.453. The predicted octanol–water partition coefficient (Wildman–Crippen LogP) is 2.11. The van der Waals surface area contributed by atoms with Crippen LogP contribution in [0.25, 0.3) is 0 Å². The molecular formula is C16H26N2O4S. The molecule has 0 bridgehead atoms. The van der Waals surface area contributed by atoms with Crippen molar-refractivity contribution in [1.29, 1.82) is 0 Å². The lowest BCUT2D eigenvalue weighted by Gasteiger charge is -2.27. The molecule has 1 amide bonds. The maximum absolute atomic E-state index is 12.5. The molecule has 7 heteroatoms. The summed E-state index contributed by atoms with van der Waals surface area (Å²) in [7, 11) is -2.01. The number of amides is 1. The van der Waals surface area contributed by atoms with Crippen molar-refractivity contribution in [2.45, 2.75) is 26.7 Å². The monoisotopic (exact) mass is 342 g/mol. The summed E-state index contributed by atoms with van der Waals surface area (Å²) in [5, 5.41) is 0. The molecule has 1 aromatic rings. The van der Waals surface area contributed by atoms with E-state index in [4.69, 9.17) is 4.74 Å². The van der Waals surface area contributed by atoms with Gasteiger partial charge in [0.1, 0.15) is 12.3 Å². The zero-order valence-corrected chi connectivity index (χ0v) is 15.1. The molecular weight excluding hydrogens is 316 g/mol. The van der Waals surface area contributed by atoms with Crippen LogP contribution in [0.15, 0.2) is 24.3 Å². The molecule has 0 spiro atoms. The van der Waals surface area contributed by atoms with Crippen molar-refractivity contribution in [3.8, 4) is 5.75 Å². The predicted molar refractivity (Wildman–Crippen MR) is 92.3 cm³/mol. The Balaban J connectivity index is 3.00. The molecule has 0 heterocycles. The Hall–Kier alpha value is -1.76. The summed E-state index contributed by atoms with van der Waals surface area (Å²) < 4.78 is 30.4. The van der Waals surface area contributed by atoms with Crippen LogP contribution in [0.4, 0.5) is 5.69 Å². The lowest BCUT2D eigenvalue weighted by Crippen LogP contribution is -2.43. The van der Waals surface area contributed by atoms with Gasteiger partial charge in [-0.2, -0.15) is 0 Å². The fraction of sp³-hybridized carbons (Fsp3) is 0.562. The van der Waals surface area contributed by atoms with Gasteiger partial charge in [0.2, 0.25) is 15.9 Å².